The molecular formula is C13H21NO3Si. The number of hydrogen-bond acceptors (Lipinski definition) is 3. The molecule has 0 saturated heterocycles. The van der Waals surface area contributed by atoms with Crippen LogP contribution in [0.15, 0.2) is 18.3 Å². The summed E-state index contributed by atoms with van der Waals surface area (Å²) < 4.78 is 6.03. The topological polar surface area (TPSA) is 59.4 Å². The quantitative estimate of drug-likeness (QED) is 0.850. The predicted molar refractivity (Wildman–Crippen MR) is 73.2 cm³/mol. The fraction of sp³-hybridized carbons (Fsp3) is 0.538. The zero-order chi connectivity index (χ0) is 14.0. The minimum atomic E-state index is -1.77. The second-order valence-electron chi connectivity index (χ2n) is 5.91. The van der Waals surface area contributed by atoms with Crippen molar-refractivity contribution >= 4 is 14.3 Å². The third kappa shape index (κ3) is 3.65. The highest BCUT2D eigenvalue weighted by Crippen LogP contribution is 2.36. The Balaban J connectivity index is 2.67. The first kappa shape index (κ1) is 14.9. The van der Waals surface area contributed by atoms with Crippen molar-refractivity contribution in [3.8, 4) is 0 Å². The summed E-state index contributed by atoms with van der Waals surface area (Å²) in [6.45, 7) is 11.4. The van der Waals surface area contributed by atoms with Gasteiger partial charge >= 0.3 is 5.97 Å². The van der Waals surface area contributed by atoms with Gasteiger partial charge in [0, 0.05) is 6.20 Å². The van der Waals surface area contributed by atoms with Crippen LogP contribution in [-0.4, -0.2) is 24.4 Å². The maximum absolute atomic E-state index is 10.7. The number of aromatic nitrogens is 1. The van der Waals surface area contributed by atoms with E-state index in [0.717, 1.165) is 5.56 Å². The average molecular weight is 267 g/mol. The van der Waals surface area contributed by atoms with Crippen LogP contribution in [0.2, 0.25) is 18.1 Å². The fourth-order valence-corrected chi connectivity index (χ4v) is 2.08. The van der Waals surface area contributed by atoms with E-state index in [4.69, 9.17) is 9.53 Å². The van der Waals surface area contributed by atoms with Gasteiger partial charge in [0.25, 0.3) is 0 Å². The summed E-state index contributed by atoms with van der Waals surface area (Å²) in [5.41, 5.74) is 0.968. The van der Waals surface area contributed by atoms with Crippen molar-refractivity contribution in [2.24, 2.45) is 0 Å². The molecule has 0 aliphatic heterocycles. The van der Waals surface area contributed by atoms with Gasteiger partial charge in [0.05, 0.1) is 6.61 Å². The van der Waals surface area contributed by atoms with E-state index in [9.17, 15) is 4.79 Å². The van der Waals surface area contributed by atoms with Gasteiger partial charge in [0.2, 0.25) is 0 Å². The highest BCUT2D eigenvalue weighted by molar-refractivity contribution is 6.74. The lowest BCUT2D eigenvalue weighted by atomic mass is 10.2. The third-order valence-corrected chi connectivity index (χ3v) is 7.93. The smallest absolute Gasteiger partial charge is 0.354 e. The van der Waals surface area contributed by atoms with Gasteiger partial charge in [0.15, 0.2) is 8.32 Å². The zero-order valence-corrected chi connectivity index (χ0v) is 12.7. The highest BCUT2D eigenvalue weighted by Gasteiger charge is 2.36. The third-order valence-electron chi connectivity index (χ3n) is 3.45. The van der Waals surface area contributed by atoms with Crippen molar-refractivity contribution in [1.29, 1.82) is 0 Å². The first-order chi connectivity index (χ1) is 8.13. The monoisotopic (exact) mass is 267 g/mol. The Labute approximate surface area is 109 Å². The Hall–Kier alpha value is -1.20. The van der Waals surface area contributed by atoms with E-state index in [1.54, 1.807) is 12.3 Å². The SMILES string of the molecule is CC(C)(C)[Si](C)(C)OCc1ccc(C(=O)O)nc1. The summed E-state index contributed by atoms with van der Waals surface area (Å²) in [4.78, 5) is 14.6. The summed E-state index contributed by atoms with van der Waals surface area (Å²) >= 11 is 0. The first-order valence-electron chi connectivity index (χ1n) is 5.96. The predicted octanol–water partition coefficient (Wildman–Crippen LogP) is 3.30. The second kappa shape index (κ2) is 5.20. The molecule has 0 saturated carbocycles. The van der Waals surface area contributed by atoms with Crippen LogP contribution in [0.3, 0.4) is 0 Å². The molecule has 1 aromatic rings. The molecule has 0 aromatic carbocycles. The first-order valence-corrected chi connectivity index (χ1v) is 8.86. The van der Waals surface area contributed by atoms with Crippen LogP contribution in [-0.2, 0) is 11.0 Å². The fourth-order valence-electron chi connectivity index (χ4n) is 1.12. The summed E-state index contributed by atoms with van der Waals surface area (Å²) in [5, 5.41) is 8.92. The van der Waals surface area contributed by atoms with Crippen LogP contribution in [0, 0.1) is 0 Å². The molecule has 1 N–H and O–H groups in total. The second-order valence-corrected chi connectivity index (χ2v) is 10.7. The molecule has 1 heterocycles. The van der Waals surface area contributed by atoms with E-state index in [2.05, 4.69) is 38.8 Å². The molecule has 18 heavy (non-hydrogen) atoms. The molecule has 0 atom stereocenters. The molecule has 0 amide bonds. The average Bonchev–Trinajstić information content (AvgIpc) is 2.25. The number of hydrogen-bond donors (Lipinski definition) is 1. The van der Waals surface area contributed by atoms with Crippen LogP contribution in [0.4, 0.5) is 0 Å². The molecule has 5 heteroatoms. The lowest BCUT2D eigenvalue weighted by molar-refractivity contribution is 0.0690. The minimum Gasteiger partial charge on any atom is -0.477 e. The maximum atomic E-state index is 10.7. The van der Waals surface area contributed by atoms with Crippen molar-refractivity contribution < 1.29 is 14.3 Å². The van der Waals surface area contributed by atoms with Crippen LogP contribution in [0.5, 0.6) is 0 Å². The Kier molecular flexibility index (Phi) is 4.29. The Morgan fingerprint density at radius 3 is 2.39 bits per heavy atom. The zero-order valence-electron chi connectivity index (χ0n) is 11.7. The van der Waals surface area contributed by atoms with Crippen LogP contribution in [0.1, 0.15) is 36.8 Å². The van der Waals surface area contributed by atoms with Gasteiger partial charge in [-0.1, -0.05) is 26.8 Å². The molecule has 1 rings (SSSR count). The lowest BCUT2D eigenvalue weighted by Crippen LogP contribution is -2.40. The van der Waals surface area contributed by atoms with Crippen molar-refractivity contribution in [3.05, 3.63) is 29.6 Å². The molecule has 0 aliphatic rings. The van der Waals surface area contributed by atoms with Gasteiger partial charge in [-0.25, -0.2) is 9.78 Å². The van der Waals surface area contributed by atoms with E-state index in [1.165, 1.54) is 6.07 Å². The van der Waals surface area contributed by atoms with E-state index in [0.29, 0.717) is 6.61 Å². The normalized spacial score (nSPS) is 12.5. The molecule has 0 unspecified atom stereocenters. The molecule has 1 aromatic heterocycles. The molecule has 100 valence electrons. The number of nitrogens with zero attached hydrogens (tertiary/aromatic N) is 1. The Morgan fingerprint density at radius 2 is 2.00 bits per heavy atom. The van der Waals surface area contributed by atoms with Crippen molar-refractivity contribution in [2.75, 3.05) is 0 Å². The van der Waals surface area contributed by atoms with Gasteiger partial charge in [-0.3, -0.25) is 0 Å². The summed E-state index contributed by atoms with van der Waals surface area (Å²) in [6.07, 6.45) is 1.57. The van der Waals surface area contributed by atoms with Gasteiger partial charge in [-0.05, 0) is 29.8 Å². The van der Waals surface area contributed by atoms with Crippen LogP contribution < -0.4 is 0 Å². The number of carboxylic acids is 1. The van der Waals surface area contributed by atoms with Gasteiger partial charge in [-0.2, -0.15) is 0 Å². The Morgan fingerprint density at radius 1 is 1.39 bits per heavy atom. The van der Waals surface area contributed by atoms with Crippen molar-refractivity contribution in [2.45, 2.75) is 45.5 Å². The van der Waals surface area contributed by atoms with E-state index >= 15 is 0 Å². The summed E-state index contributed by atoms with van der Waals surface area (Å²) in [7, 11) is -1.77. The summed E-state index contributed by atoms with van der Waals surface area (Å²) in [5.74, 6) is -1.01. The van der Waals surface area contributed by atoms with Crippen molar-refractivity contribution in [3.63, 3.8) is 0 Å². The largest absolute Gasteiger partial charge is 0.477 e. The highest BCUT2D eigenvalue weighted by atomic mass is 28.4. The number of rotatable bonds is 4. The van der Waals surface area contributed by atoms with Gasteiger partial charge < -0.3 is 9.53 Å². The molecule has 0 fully saturated rings. The van der Waals surface area contributed by atoms with Gasteiger partial charge in [0.1, 0.15) is 5.69 Å². The molecule has 4 nitrogen and oxygen atoms in total. The molecular weight excluding hydrogens is 246 g/mol. The van der Waals surface area contributed by atoms with E-state index in [1.807, 2.05) is 0 Å². The minimum absolute atomic E-state index is 0.0612. The molecule has 0 bridgehead atoms. The van der Waals surface area contributed by atoms with Crippen molar-refractivity contribution in [1.82, 2.24) is 4.98 Å². The number of pyridine rings is 1. The molecule has 0 aliphatic carbocycles. The number of carboxylic acid groups (broad SMARTS) is 1. The number of carbonyl (C=O) groups is 1. The number of aromatic carboxylic acids is 1. The molecule has 0 radical (unpaired) electrons. The van der Waals surface area contributed by atoms with E-state index in [-0.39, 0.29) is 10.7 Å². The standard InChI is InChI=1S/C13H21NO3Si/c1-13(2,3)18(4,5)17-9-10-6-7-11(12(15)16)14-8-10/h6-8H,9H2,1-5H3,(H,15,16). The van der Waals surface area contributed by atoms with Crippen LogP contribution in [0.25, 0.3) is 0 Å². The van der Waals surface area contributed by atoms with E-state index < -0.39 is 14.3 Å². The molecule has 0 spiro atoms. The Bertz CT molecular complexity index is 421. The van der Waals surface area contributed by atoms with Gasteiger partial charge in [-0.15, -0.1) is 0 Å². The maximum Gasteiger partial charge on any atom is 0.354 e. The lowest BCUT2D eigenvalue weighted by Gasteiger charge is -2.36. The summed E-state index contributed by atoms with van der Waals surface area (Å²) in [6, 6.07) is 3.26. The van der Waals surface area contributed by atoms with Crippen LogP contribution >= 0.6 is 0 Å².